The number of benzene rings is 1. The number of aryl methyl sites for hydroxylation is 1. The lowest BCUT2D eigenvalue weighted by Crippen LogP contribution is -2.15. The summed E-state index contributed by atoms with van der Waals surface area (Å²) >= 11 is 0. The number of hydrogen-bond donors (Lipinski definition) is 1. The Labute approximate surface area is 116 Å². The van der Waals surface area contributed by atoms with Gasteiger partial charge in [-0.1, -0.05) is 17.3 Å². The molecule has 1 aromatic heterocycles. The molecule has 3 rings (SSSR count). The van der Waals surface area contributed by atoms with E-state index in [0.29, 0.717) is 23.9 Å². The molecule has 0 radical (unpaired) electrons. The number of rotatable bonds is 6. The van der Waals surface area contributed by atoms with E-state index >= 15 is 0 Å². The molecule has 1 heterocycles. The van der Waals surface area contributed by atoms with Crippen LogP contribution in [0, 0.1) is 12.7 Å². The van der Waals surface area contributed by atoms with Crippen molar-refractivity contribution < 1.29 is 13.7 Å². The Morgan fingerprint density at radius 2 is 2.30 bits per heavy atom. The van der Waals surface area contributed by atoms with Crippen molar-refractivity contribution in [2.45, 2.75) is 39.0 Å². The van der Waals surface area contributed by atoms with Crippen molar-refractivity contribution >= 4 is 0 Å². The van der Waals surface area contributed by atoms with Crippen molar-refractivity contribution in [2.75, 3.05) is 0 Å². The third-order valence-corrected chi connectivity index (χ3v) is 3.28. The van der Waals surface area contributed by atoms with Gasteiger partial charge in [-0.3, -0.25) is 0 Å². The smallest absolute Gasteiger partial charge is 0.174 e. The van der Waals surface area contributed by atoms with E-state index in [1.54, 1.807) is 25.1 Å². The van der Waals surface area contributed by atoms with E-state index in [4.69, 9.17) is 9.26 Å². The van der Waals surface area contributed by atoms with E-state index in [2.05, 4.69) is 10.5 Å². The Kier molecular flexibility index (Phi) is 3.69. The van der Waals surface area contributed by atoms with Crippen molar-refractivity contribution in [1.82, 2.24) is 10.5 Å². The van der Waals surface area contributed by atoms with Gasteiger partial charge in [0.15, 0.2) is 17.3 Å². The monoisotopic (exact) mass is 276 g/mol. The quantitative estimate of drug-likeness (QED) is 0.881. The van der Waals surface area contributed by atoms with Crippen LogP contribution in [0.2, 0.25) is 0 Å². The predicted molar refractivity (Wildman–Crippen MR) is 71.8 cm³/mol. The molecule has 1 fully saturated rings. The van der Waals surface area contributed by atoms with Crippen molar-refractivity contribution in [3.05, 3.63) is 47.1 Å². The van der Waals surface area contributed by atoms with Crippen LogP contribution in [-0.2, 0) is 13.2 Å². The average molecular weight is 276 g/mol. The molecule has 1 N–H and O–H groups in total. The molecule has 0 spiro atoms. The van der Waals surface area contributed by atoms with E-state index in [9.17, 15) is 4.39 Å². The maximum atomic E-state index is 13.7. The summed E-state index contributed by atoms with van der Waals surface area (Å²) in [6, 6.07) is 7.54. The van der Waals surface area contributed by atoms with Gasteiger partial charge in [-0.05, 0) is 31.4 Å². The minimum Gasteiger partial charge on any atom is -0.482 e. The van der Waals surface area contributed by atoms with Gasteiger partial charge in [-0.15, -0.1) is 0 Å². The fourth-order valence-electron chi connectivity index (χ4n) is 1.92. The Balaban J connectivity index is 1.56. The van der Waals surface area contributed by atoms with Gasteiger partial charge < -0.3 is 14.6 Å². The van der Waals surface area contributed by atoms with E-state index in [-0.39, 0.29) is 18.2 Å². The van der Waals surface area contributed by atoms with Gasteiger partial charge in [0.25, 0.3) is 0 Å². The molecule has 1 saturated carbocycles. The minimum absolute atomic E-state index is 0.177. The lowest BCUT2D eigenvalue weighted by molar-refractivity contribution is 0.239. The molecule has 0 amide bonds. The highest BCUT2D eigenvalue weighted by atomic mass is 19.1. The molecule has 20 heavy (non-hydrogen) atoms. The maximum Gasteiger partial charge on any atom is 0.174 e. The normalized spacial score (nSPS) is 14.5. The van der Waals surface area contributed by atoms with Crippen molar-refractivity contribution in [3.8, 4) is 5.75 Å². The number of nitrogens with one attached hydrogen (secondary N) is 1. The van der Waals surface area contributed by atoms with E-state index in [1.165, 1.54) is 12.8 Å². The Morgan fingerprint density at radius 1 is 1.45 bits per heavy atom. The molecular formula is C15H17FN2O2. The van der Waals surface area contributed by atoms with Gasteiger partial charge >= 0.3 is 0 Å². The zero-order chi connectivity index (χ0) is 13.9. The maximum absolute atomic E-state index is 13.7. The van der Waals surface area contributed by atoms with Crippen molar-refractivity contribution in [1.29, 1.82) is 0 Å². The number of hydrogen-bond acceptors (Lipinski definition) is 4. The summed E-state index contributed by atoms with van der Waals surface area (Å²) in [5.41, 5.74) is 1.41. The van der Waals surface area contributed by atoms with Gasteiger partial charge in [0.05, 0.1) is 5.69 Å². The molecule has 0 unspecified atom stereocenters. The van der Waals surface area contributed by atoms with Crippen LogP contribution in [0.15, 0.2) is 28.8 Å². The summed E-state index contributed by atoms with van der Waals surface area (Å²) < 4.78 is 24.3. The molecule has 1 aliphatic carbocycles. The Hall–Kier alpha value is -1.88. The van der Waals surface area contributed by atoms with E-state index in [1.807, 2.05) is 6.07 Å². The van der Waals surface area contributed by atoms with Crippen LogP contribution in [0.5, 0.6) is 5.75 Å². The molecule has 0 aliphatic heterocycles. The largest absolute Gasteiger partial charge is 0.482 e. The van der Waals surface area contributed by atoms with Gasteiger partial charge in [-0.2, -0.15) is 0 Å². The molecule has 4 nitrogen and oxygen atoms in total. The zero-order valence-corrected chi connectivity index (χ0v) is 11.4. The molecule has 106 valence electrons. The van der Waals surface area contributed by atoms with Crippen LogP contribution in [0.1, 0.15) is 29.9 Å². The lowest BCUT2D eigenvalue weighted by atomic mass is 10.2. The second-order valence-corrected chi connectivity index (χ2v) is 5.12. The highest BCUT2D eigenvalue weighted by Gasteiger charge is 2.20. The summed E-state index contributed by atoms with van der Waals surface area (Å²) in [6.45, 7) is 2.59. The van der Waals surface area contributed by atoms with E-state index < -0.39 is 0 Å². The van der Waals surface area contributed by atoms with Gasteiger partial charge in [0, 0.05) is 18.7 Å². The van der Waals surface area contributed by atoms with Crippen LogP contribution in [0.4, 0.5) is 4.39 Å². The third-order valence-electron chi connectivity index (χ3n) is 3.28. The molecule has 2 aromatic rings. The first-order chi connectivity index (χ1) is 9.72. The highest BCUT2D eigenvalue weighted by Crippen LogP contribution is 2.21. The SMILES string of the molecule is Cc1cccc(OCc2cc(CNC3CC3)no2)c1F. The molecule has 0 saturated heterocycles. The average Bonchev–Trinajstić information content (AvgIpc) is 3.17. The fourth-order valence-corrected chi connectivity index (χ4v) is 1.92. The first kappa shape index (κ1) is 13.1. The molecule has 0 atom stereocenters. The highest BCUT2D eigenvalue weighted by molar-refractivity contribution is 5.30. The molecule has 1 aliphatic rings. The van der Waals surface area contributed by atoms with Crippen LogP contribution in [0.25, 0.3) is 0 Å². The van der Waals surface area contributed by atoms with Gasteiger partial charge in [0.1, 0.15) is 6.61 Å². The first-order valence-corrected chi connectivity index (χ1v) is 6.78. The number of nitrogens with zero attached hydrogens (tertiary/aromatic N) is 1. The number of aromatic nitrogens is 1. The second-order valence-electron chi connectivity index (χ2n) is 5.12. The minimum atomic E-state index is -0.331. The second kappa shape index (κ2) is 5.63. The van der Waals surface area contributed by atoms with Gasteiger partial charge in [-0.25, -0.2) is 4.39 Å². The van der Waals surface area contributed by atoms with Crippen LogP contribution in [-0.4, -0.2) is 11.2 Å². The zero-order valence-electron chi connectivity index (χ0n) is 11.4. The Bertz CT molecular complexity index is 593. The Morgan fingerprint density at radius 3 is 3.10 bits per heavy atom. The van der Waals surface area contributed by atoms with Crippen LogP contribution in [0.3, 0.4) is 0 Å². The molecule has 0 bridgehead atoms. The summed E-state index contributed by atoms with van der Waals surface area (Å²) in [5.74, 6) is 0.500. The van der Waals surface area contributed by atoms with Crippen LogP contribution < -0.4 is 10.1 Å². The van der Waals surface area contributed by atoms with E-state index in [0.717, 1.165) is 5.69 Å². The summed E-state index contributed by atoms with van der Waals surface area (Å²) in [6.07, 6.45) is 2.47. The number of halogens is 1. The lowest BCUT2D eigenvalue weighted by Gasteiger charge is -2.06. The van der Waals surface area contributed by atoms with Gasteiger partial charge in [0.2, 0.25) is 0 Å². The standard InChI is InChI=1S/C15H17FN2O2/c1-10-3-2-4-14(15(10)16)19-9-13-7-12(18-20-13)8-17-11-5-6-11/h2-4,7,11,17H,5-6,8-9H2,1H3. The van der Waals surface area contributed by atoms with Crippen molar-refractivity contribution in [2.24, 2.45) is 0 Å². The predicted octanol–water partition coefficient (Wildman–Crippen LogP) is 2.95. The first-order valence-electron chi connectivity index (χ1n) is 6.78. The topological polar surface area (TPSA) is 47.3 Å². The molecule has 1 aromatic carbocycles. The number of ether oxygens (including phenoxy) is 1. The van der Waals surface area contributed by atoms with Crippen LogP contribution >= 0.6 is 0 Å². The summed E-state index contributed by atoms with van der Waals surface area (Å²) in [7, 11) is 0. The summed E-state index contributed by atoms with van der Waals surface area (Å²) in [4.78, 5) is 0. The van der Waals surface area contributed by atoms with Crippen molar-refractivity contribution in [3.63, 3.8) is 0 Å². The molecule has 5 heteroatoms. The fraction of sp³-hybridized carbons (Fsp3) is 0.400. The molecular weight excluding hydrogens is 259 g/mol. The third kappa shape index (κ3) is 3.17. The summed E-state index contributed by atoms with van der Waals surface area (Å²) in [5, 5.41) is 7.31.